The smallest absolute Gasteiger partial charge is 0.407 e. The van der Waals surface area contributed by atoms with Crippen molar-refractivity contribution in [3.63, 3.8) is 0 Å². The van der Waals surface area contributed by atoms with Crippen LogP contribution >= 0.6 is 0 Å². The molecule has 0 radical (unpaired) electrons. The molecule has 3 atom stereocenters. The van der Waals surface area contributed by atoms with E-state index in [1.54, 1.807) is 0 Å². The number of amides is 2. The molecule has 2 amide bonds. The molecule has 1 saturated heterocycles. The lowest BCUT2D eigenvalue weighted by Gasteiger charge is -2.23. The summed E-state index contributed by atoms with van der Waals surface area (Å²) < 4.78 is 10.8. The lowest BCUT2D eigenvalue weighted by atomic mass is 9.92. The number of alkyl carbamates (subject to hydrolysis) is 1. The van der Waals surface area contributed by atoms with Gasteiger partial charge in [-0.05, 0) is 40.5 Å². The number of benzene rings is 2. The van der Waals surface area contributed by atoms with Crippen LogP contribution in [0, 0.1) is 11.8 Å². The van der Waals surface area contributed by atoms with E-state index >= 15 is 0 Å². The largest absolute Gasteiger partial charge is 0.479 e. The maximum absolute atomic E-state index is 12.6. The van der Waals surface area contributed by atoms with E-state index in [1.807, 2.05) is 38.1 Å². The van der Waals surface area contributed by atoms with Gasteiger partial charge in [-0.15, -0.1) is 0 Å². The number of nitrogens with one attached hydrogen (secondary N) is 2. The molecule has 1 unspecified atom stereocenters. The third-order valence-electron chi connectivity index (χ3n) is 6.92. The second-order valence-corrected chi connectivity index (χ2v) is 9.51. The number of hydrogen-bond donors (Lipinski definition) is 3. The van der Waals surface area contributed by atoms with Gasteiger partial charge in [0.05, 0.1) is 6.04 Å². The maximum Gasteiger partial charge on any atom is 0.407 e. The molecular weight excluding hydrogens is 448 g/mol. The van der Waals surface area contributed by atoms with Crippen molar-refractivity contribution in [2.24, 2.45) is 11.8 Å². The average molecular weight is 481 g/mol. The van der Waals surface area contributed by atoms with E-state index in [9.17, 15) is 19.5 Å². The fourth-order valence-electron chi connectivity index (χ4n) is 4.89. The highest BCUT2D eigenvalue weighted by atomic mass is 16.5. The molecule has 2 aromatic carbocycles. The van der Waals surface area contributed by atoms with E-state index < -0.39 is 24.2 Å². The number of carboxylic acids is 1. The van der Waals surface area contributed by atoms with Crippen LogP contribution in [0.1, 0.15) is 43.7 Å². The van der Waals surface area contributed by atoms with Gasteiger partial charge in [-0.2, -0.15) is 0 Å². The minimum absolute atomic E-state index is 0.0179. The molecule has 0 saturated carbocycles. The van der Waals surface area contributed by atoms with E-state index in [0.29, 0.717) is 13.0 Å². The molecule has 8 nitrogen and oxygen atoms in total. The van der Waals surface area contributed by atoms with Crippen molar-refractivity contribution in [3.05, 3.63) is 59.7 Å². The first-order chi connectivity index (χ1) is 16.8. The van der Waals surface area contributed by atoms with Crippen LogP contribution in [0.5, 0.6) is 0 Å². The molecule has 1 fully saturated rings. The van der Waals surface area contributed by atoms with Crippen molar-refractivity contribution in [1.29, 1.82) is 0 Å². The monoisotopic (exact) mass is 480 g/mol. The van der Waals surface area contributed by atoms with Crippen molar-refractivity contribution in [2.75, 3.05) is 19.8 Å². The van der Waals surface area contributed by atoms with Crippen LogP contribution in [0.3, 0.4) is 0 Å². The molecule has 0 spiro atoms. The van der Waals surface area contributed by atoms with Crippen LogP contribution in [0.4, 0.5) is 4.79 Å². The normalized spacial score (nSPS) is 19.6. The summed E-state index contributed by atoms with van der Waals surface area (Å²) in [4.78, 5) is 36.3. The quantitative estimate of drug-likeness (QED) is 0.506. The second kappa shape index (κ2) is 10.9. The van der Waals surface area contributed by atoms with Crippen molar-refractivity contribution in [2.45, 2.75) is 44.8 Å². The topological polar surface area (TPSA) is 114 Å². The van der Waals surface area contributed by atoms with Gasteiger partial charge in [0.25, 0.3) is 0 Å². The lowest BCUT2D eigenvalue weighted by Crippen LogP contribution is -2.45. The molecule has 186 valence electrons. The standard InChI is InChI=1S/C27H32N2O6/c1-16(2)17(13-24(30)29-23-11-12-34-25(23)26(31)32)14-28-27(33)35-15-22-20-9-5-3-7-18(20)19-8-4-6-10-21(19)22/h3-10,16-17,22-23,25H,11-15H2,1-2H3,(H,28,33)(H,29,30)(H,31,32)/t17?,23-,25+/m0/s1. The Morgan fingerprint density at radius 3 is 2.29 bits per heavy atom. The zero-order valence-corrected chi connectivity index (χ0v) is 20.0. The van der Waals surface area contributed by atoms with E-state index in [0.717, 1.165) is 11.1 Å². The minimum Gasteiger partial charge on any atom is -0.479 e. The molecule has 3 N–H and O–H groups in total. The van der Waals surface area contributed by atoms with Crippen molar-refractivity contribution in [1.82, 2.24) is 10.6 Å². The van der Waals surface area contributed by atoms with E-state index in [4.69, 9.17) is 9.47 Å². The molecule has 4 rings (SSSR count). The van der Waals surface area contributed by atoms with Gasteiger partial charge in [0, 0.05) is 25.5 Å². The van der Waals surface area contributed by atoms with E-state index in [-0.39, 0.29) is 43.2 Å². The van der Waals surface area contributed by atoms with Gasteiger partial charge >= 0.3 is 12.1 Å². The number of ether oxygens (including phenoxy) is 2. The molecule has 1 aliphatic heterocycles. The van der Waals surface area contributed by atoms with Crippen molar-refractivity contribution < 1.29 is 29.0 Å². The highest BCUT2D eigenvalue weighted by molar-refractivity contribution is 5.80. The first-order valence-corrected chi connectivity index (χ1v) is 12.1. The SMILES string of the molecule is CC(C)C(CNC(=O)OCC1c2ccccc2-c2ccccc21)CC(=O)N[C@H]1CCO[C@H]1C(=O)O. The second-order valence-electron chi connectivity index (χ2n) is 9.51. The molecule has 8 heteroatoms. The zero-order chi connectivity index (χ0) is 24.9. The van der Waals surface area contributed by atoms with Crippen molar-refractivity contribution >= 4 is 18.0 Å². The van der Waals surface area contributed by atoms with Gasteiger partial charge in [-0.3, -0.25) is 4.79 Å². The molecular formula is C27H32N2O6. The Bertz CT molecular complexity index is 1040. The Morgan fingerprint density at radius 1 is 1.06 bits per heavy atom. The molecule has 2 aromatic rings. The lowest BCUT2D eigenvalue weighted by molar-refractivity contribution is -0.148. The number of carbonyl (C=O) groups is 3. The molecule has 0 aromatic heterocycles. The summed E-state index contributed by atoms with van der Waals surface area (Å²) in [5, 5.41) is 14.8. The number of carboxylic acid groups (broad SMARTS) is 1. The maximum atomic E-state index is 12.6. The molecule has 1 heterocycles. The van der Waals surface area contributed by atoms with E-state index in [1.165, 1.54) is 11.1 Å². The van der Waals surface area contributed by atoms with Crippen LogP contribution in [0.25, 0.3) is 11.1 Å². The number of fused-ring (bicyclic) bond motifs is 3. The van der Waals surface area contributed by atoms with Crippen LogP contribution in [0.2, 0.25) is 0 Å². The number of rotatable bonds is 9. The number of hydrogen-bond acceptors (Lipinski definition) is 5. The third kappa shape index (κ3) is 5.65. The number of aliphatic carboxylic acids is 1. The Morgan fingerprint density at radius 2 is 1.69 bits per heavy atom. The Labute approximate surface area is 205 Å². The van der Waals surface area contributed by atoms with E-state index in [2.05, 4.69) is 34.9 Å². The first-order valence-electron chi connectivity index (χ1n) is 12.1. The summed E-state index contributed by atoms with van der Waals surface area (Å²) in [6, 6.07) is 15.8. The highest BCUT2D eigenvalue weighted by Crippen LogP contribution is 2.44. The van der Waals surface area contributed by atoms with Crippen LogP contribution in [0.15, 0.2) is 48.5 Å². The molecule has 35 heavy (non-hydrogen) atoms. The summed E-state index contributed by atoms with van der Waals surface area (Å²) >= 11 is 0. The van der Waals surface area contributed by atoms with Gasteiger partial charge in [0.2, 0.25) is 5.91 Å². The molecule has 0 bridgehead atoms. The summed E-state index contributed by atoms with van der Waals surface area (Å²) in [6.07, 6.45) is -0.902. The van der Waals surface area contributed by atoms with Crippen LogP contribution < -0.4 is 10.6 Å². The zero-order valence-electron chi connectivity index (χ0n) is 20.0. The Kier molecular flexibility index (Phi) is 7.70. The Hall–Kier alpha value is -3.39. The minimum atomic E-state index is -1.08. The average Bonchev–Trinajstić information content (AvgIpc) is 3.43. The fraction of sp³-hybridized carbons (Fsp3) is 0.444. The summed E-state index contributed by atoms with van der Waals surface area (Å²) in [6.45, 7) is 4.78. The summed E-state index contributed by atoms with van der Waals surface area (Å²) in [7, 11) is 0. The van der Waals surface area contributed by atoms with Gasteiger partial charge < -0.3 is 25.2 Å². The van der Waals surface area contributed by atoms with Gasteiger partial charge in [-0.25, -0.2) is 9.59 Å². The van der Waals surface area contributed by atoms with Crippen LogP contribution in [-0.4, -0.2) is 55.0 Å². The fourth-order valence-corrected chi connectivity index (χ4v) is 4.89. The molecule has 1 aliphatic carbocycles. The van der Waals surface area contributed by atoms with Gasteiger partial charge in [0.15, 0.2) is 6.10 Å². The summed E-state index contributed by atoms with van der Waals surface area (Å²) in [5.74, 6) is -1.34. The first kappa shape index (κ1) is 24.7. The Balaban J connectivity index is 1.29. The third-order valence-corrected chi connectivity index (χ3v) is 6.92. The highest BCUT2D eigenvalue weighted by Gasteiger charge is 2.35. The van der Waals surface area contributed by atoms with Gasteiger partial charge in [0.1, 0.15) is 6.61 Å². The number of carbonyl (C=O) groups excluding carboxylic acids is 2. The van der Waals surface area contributed by atoms with Crippen LogP contribution in [-0.2, 0) is 19.1 Å². The van der Waals surface area contributed by atoms with Crippen molar-refractivity contribution in [3.8, 4) is 11.1 Å². The predicted octanol–water partition coefficient (Wildman–Crippen LogP) is 3.55. The predicted molar refractivity (Wildman–Crippen MR) is 130 cm³/mol. The summed E-state index contributed by atoms with van der Waals surface area (Å²) in [5.41, 5.74) is 4.63. The molecule has 2 aliphatic rings. The van der Waals surface area contributed by atoms with Gasteiger partial charge in [-0.1, -0.05) is 62.4 Å².